The van der Waals surface area contributed by atoms with Crippen LogP contribution in [0.3, 0.4) is 0 Å². The van der Waals surface area contributed by atoms with Crippen LogP contribution in [0.4, 0.5) is 4.39 Å². The van der Waals surface area contributed by atoms with Gasteiger partial charge in [-0.2, -0.15) is 0 Å². The van der Waals surface area contributed by atoms with Crippen LogP contribution in [0, 0.1) is 49.3 Å². The Balaban J connectivity index is 0.000000194. The van der Waals surface area contributed by atoms with E-state index in [0.717, 1.165) is 5.56 Å². The quantitative estimate of drug-likeness (QED) is 0.0415. The fourth-order valence-corrected chi connectivity index (χ4v) is 14.5. The molecule has 0 spiro atoms. The number of fused-ring (bicyclic) bond motifs is 3. The van der Waals surface area contributed by atoms with E-state index in [1.165, 1.54) is 101 Å². The molecule has 0 N–H and O–H groups in total. The third-order valence-corrected chi connectivity index (χ3v) is 18.1. The van der Waals surface area contributed by atoms with Crippen LogP contribution in [0.25, 0.3) is 32.7 Å². The molecular formula is C70H51FOP2Ru+. The average molecular weight is 1090 g/mol. The predicted molar refractivity (Wildman–Crippen MR) is 314 cm³/mol. The molecule has 0 bridgehead atoms. The van der Waals surface area contributed by atoms with Gasteiger partial charge in [0.25, 0.3) is 0 Å². The van der Waals surface area contributed by atoms with Gasteiger partial charge in [-0.1, -0.05) is 249 Å². The molecule has 5 radical (unpaired) electrons. The summed E-state index contributed by atoms with van der Waals surface area (Å²) < 4.78 is 12.8. The Hall–Kier alpha value is -7.16. The number of Topliss-reactive ketones (excluding diaryl/α,β-unsaturated/α-hetero) is 1. The number of hydrogen-bond donors (Lipinski definition) is 0. The van der Waals surface area contributed by atoms with E-state index in [1.807, 2.05) is 30.3 Å². The molecule has 2 aliphatic carbocycles. The molecule has 1 saturated carbocycles. The molecule has 0 amide bonds. The summed E-state index contributed by atoms with van der Waals surface area (Å²) in [6.07, 6.45) is 22.2. The molecule has 0 saturated heterocycles. The number of carbonyl (C=O) groups is 1. The summed E-state index contributed by atoms with van der Waals surface area (Å²) in [5.41, 5.74) is 4.04. The minimum absolute atomic E-state index is 0. The first-order chi connectivity index (χ1) is 36.5. The van der Waals surface area contributed by atoms with Gasteiger partial charge in [0, 0.05) is 29.7 Å². The number of rotatable bonds is 11. The fraction of sp³-hybridized carbons (Fsp3) is 0.0286. The number of benzene rings is 10. The van der Waals surface area contributed by atoms with Crippen molar-refractivity contribution in [2.24, 2.45) is 0 Å². The summed E-state index contributed by atoms with van der Waals surface area (Å²) in [6, 6.07) is 86.6. The Kier molecular flexibility index (Phi) is 18.2. The molecule has 10 aromatic carbocycles. The SMILES string of the molecule is [C-]#C[C@@H](CC(=O)c1ccc(F)cc1)c1ccccc1.[CH]1[CH][C]2C=CC=C[C]2[CH]1.[Ru+2].c1ccc(P(c2ccccc2)c2ccc3ccccc3c2-c2c(P(c3ccccc3)c3ccccc3)ccc3ccccc23)cc1. The van der Waals surface area contributed by atoms with Gasteiger partial charge in [-0.05, 0) is 129 Å². The standard InChI is InChI=1S/C44H32P2.C17H12FO.C9H7.Ru/c1-5-19-35(20-6-1)45(36-21-7-2-8-22-36)41-31-29-33-17-13-15-27-39(33)43(41)44-40-28-16-14-18-34(40)30-32-42(44)46(37-23-9-3-10-24-37)38-25-11-4-12-26-38;1-2-13(14-6-4-3-5-7-14)12-17(19)15-8-10-16(18)11-9-15;1-2-5-9-7-3-6-8(9)4-1;/h1-32H;3-11,13H,12H2;1-7H;/q;-1;;+2/t;13-;;/m.0../s1. The van der Waals surface area contributed by atoms with Crippen molar-refractivity contribution in [2.75, 3.05) is 0 Å². The Bertz CT molecular complexity index is 3300. The summed E-state index contributed by atoms with van der Waals surface area (Å²) in [5, 5.41) is 13.3. The van der Waals surface area contributed by atoms with Crippen molar-refractivity contribution in [1.82, 2.24) is 0 Å². The van der Waals surface area contributed by atoms with Gasteiger partial charge < -0.3 is 12.3 Å². The Labute approximate surface area is 457 Å². The number of allylic oxidation sites excluding steroid dienone is 4. The van der Waals surface area contributed by atoms with Crippen molar-refractivity contribution in [2.45, 2.75) is 12.3 Å². The van der Waals surface area contributed by atoms with E-state index in [-0.39, 0.29) is 43.4 Å². The minimum atomic E-state index is -0.852. The van der Waals surface area contributed by atoms with Crippen LogP contribution in [0.1, 0.15) is 28.3 Å². The zero-order chi connectivity index (χ0) is 50.5. The van der Waals surface area contributed by atoms with Gasteiger partial charge in [-0.25, -0.2) is 4.39 Å². The second kappa shape index (κ2) is 25.9. The topological polar surface area (TPSA) is 17.1 Å². The predicted octanol–water partition coefficient (Wildman–Crippen LogP) is 14.8. The van der Waals surface area contributed by atoms with E-state index in [0.29, 0.717) is 5.56 Å². The molecule has 1 atom stereocenters. The van der Waals surface area contributed by atoms with Crippen LogP contribution >= 0.6 is 15.8 Å². The summed E-state index contributed by atoms with van der Waals surface area (Å²) in [7, 11) is -1.70. The van der Waals surface area contributed by atoms with Gasteiger partial charge in [-0.15, -0.1) is 0 Å². The van der Waals surface area contributed by atoms with E-state index in [9.17, 15) is 9.18 Å². The van der Waals surface area contributed by atoms with Crippen molar-refractivity contribution in [3.8, 4) is 17.0 Å². The average Bonchev–Trinajstić information content (AvgIpc) is 3.96. The molecule has 0 heterocycles. The van der Waals surface area contributed by atoms with Crippen molar-refractivity contribution in [3.05, 3.63) is 327 Å². The second-order valence-corrected chi connectivity index (χ2v) is 22.1. The van der Waals surface area contributed by atoms with E-state index in [1.54, 1.807) is 0 Å². The van der Waals surface area contributed by atoms with E-state index < -0.39 is 15.8 Å². The van der Waals surface area contributed by atoms with Gasteiger partial charge >= 0.3 is 19.5 Å². The van der Waals surface area contributed by atoms with Crippen molar-refractivity contribution >= 4 is 75.0 Å². The second-order valence-electron chi connectivity index (χ2n) is 17.8. The molecule has 1 fully saturated rings. The molecule has 5 heteroatoms. The first-order valence-electron chi connectivity index (χ1n) is 24.7. The van der Waals surface area contributed by atoms with E-state index in [4.69, 9.17) is 6.42 Å². The van der Waals surface area contributed by atoms with Crippen LogP contribution in [-0.4, -0.2) is 5.78 Å². The Morgan fingerprint density at radius 2 is 0.827 bits per heavy atom. The number of ketones is 1. The first kappa shape index (κ1) is 52.7. The summed E-state index contributed by atoms with van der Waals surface area (Å²) in [4.78, 5) is 12.1. The maximum absolute atomic E-state index is 12.8. The van der Waals surface area contributed by atoms with Crippen molar-refractivity contribution in [3.63, 3.8) is 0 Å². The molecule has 2 aliphatic rings. The molecule has 10 aromatic rings. The maximum atomic E-state index is 12.8. The van der Waals surface area contributed by atoms with Gasteiger partial charge in [0.1, 0.15) is 5.82 Å². The van der Waals surface area contributed by atoms with Crippen molar-refractivity contribution < 1.29 is 28.7 Å². The Morgan fingerprint density at radius 3 is 1.23 bits per heavy atom. The van der Waals surface area contributed by atoms with Crippen LogP contribution in [-0.2, 0) is 19.5 Å². The van der Waals surface area contributed by atoms with Gasteiger partial charge in [-0.3, -0.25) is 4.79 Å². The smallest absolute Gasteiger partial charge is 0.693 e. The molecule has 12 rings (SSSR count). The number of halogens is 1. The summed E-state index contributed by atoms with van der Waals surface area (Å²) in [5.74, 6) is 4.20. The normalized spacial score (nSPS) is 13.2. The van der Waals surface area contributed by atoms with Gasteiger partial charge in [0.15, 0.2) is 5.78 Å². The van der Waals surface area contributed by atoms with Crippen LogP contribution in [0.2, 0.25) is 0 Å². The third-order valence-electron chi connectivity index (χ3n) is 13.1. The Morgan fingerprint density at radius 1 is 0.453 bits per heavy atom. The zero-order valence-corrected chi connectivity index (χ0v) is 44.6. The molecule has 75 heavy (non-hydrogen) atoms. The van der Waals surface area contributed by atoms with E-state index >= 15 is 0 Å². The largest absolute Gasteiger partial charge is 2.00 e. The molecule has 0 aromatic heterocycles. The van der Waals surface area contributed by atoms with Gasteiger partial charge in [0.2, 0.25) is 0 Å². The summed E-state index contributed by atoms with van der Waals surface area (Å²) >= 11 is 0. The van der Waals surface area contributed by atoms with Crippen LogP contribution < -0.4 is 31.8 Å². The monoisotopic (exact) mass is 1090 g/mol. The zero-order valence-electron chi connectivity index (χ0n) is 41.0. The summed E-state index contributed by atoms with van der Waals surface area (Å²) in [6.45, 7) is 0. The van der Waals surface area contributed by atoms with Crippen LogP contribution in [0.5, 0.6) is 0 Å². The minimum Gasteiger partial charge on any atom is -0.693 e. The first-order valence-corrected chi connectivity index (χ1v) is 27.4. The fourth-order valence-electron chi connectivity index (χ4n) is 9.53. The van der Waals surface area contributed by atoms with E-state index in [2.05, 4.69) is 244 Å². The molecule has 0 aliphatic heterocycles. The van der Waals surface area contributed by atoms with Crippen LogP contribution in [0.15, 0.2) is 273 Å². The third kappa shape index (κ3) is 12.5. The van der Waals surface area contributed by atoms with Gasteiger partial charge in [0.05, 0.1) is 0 Å². The number of carbonyl (C=O) groups excluding carboxylic acids is 1. The number of hydrogen-bond acceptors (Lipinski definition) is 1. The maximum Gasteiger partial charge on any atom is 2.00 e. The molecule has 1 nitrogen and oxygen atoms in total. The van der Waals surface area contributed by atoms with Crippen molar-refractivity contribution in [1.29, 1.82) is 0 Å². The molecule has 361 valence electrons. The molecule has 0 unspecified atom stereocenters. The molecular weight excluding hydrogens is 1040 g/mol.